The molecule has 1 aromatic carbocycles. The minimum atomic E-state index is -3.53. The predicted octanol–water partition coefficient (Wildman–Crippen LogP) is 4.08. The van der Waals surface area contributed by atoms with Crippen LogP contribution >= 0.6 is 12.2 Å². The molecule has 0 saturated carbocycles. The van der Waals surface area contributed by atoms with Gasteiger partial charge in [-0.3, -0.25) is 9.71 Å². The summed E-state index contributed by atoms with van der Waals surface area (Å²) < 4.78 is 39.6. The first-order valence-electron chi connectivity index (χ1n) is 11.2. The van der Waals surface area contributed by atoms with Crippen LogP contribution in [-0.4, -0.2) is 36.4 Å². The van der Waals surface area contributed by atoms with Crippen LogP contribution in [-0.2, 0) is 16.6 Å². The van der Waals surface area contributed by atoms with Gasteiger partial charge < -0.3 is 23.9 Å². The van der Waals surface area contributed by atoms with Crippen LogP contribution in [0.4, 0.5) is 11.4 Å². The highest BCUT2D eigenvalue weighted by Crippen LogP contribution is 2.43. The highest BCUT2D eigenvalue weighted by atomic mass is 32.2. The number of methoxy groups -OCH3 is 1. The number of nitrogens with zero attached hydrogens (tertiary/aromatic N) is 3. The Morgan fingerprint density at radius 1 is 1.17 bits per heavy atom. The zero-order valence-electron chi connectivity index (χ0n) is 19.7. The molecule has 9 nitrogen and oxygen atoms in total. The summed E-state index contributed by atoms with van der Waals surface area (Å²) in [5.41, 5.74) is 2.85. The molecule has 0 bridgehead atoms. The number of anilines is 2. The molecular formula is C25H25N5O4S2. The van der Waals surface area contributed by atoms with Crippen LogP contribution in [0.2, 0.25) is 0 Å². The van der Waals surface area contributed by atoms with Gasteiger partial charge in [-0.25, -0.2) is 8.42 Å². The third-order valence-corrected chi connectivity index (χ3v) is 6.83. The molecule has 3 aromatic heterocycles. The number of hydrogen-bond acceptors (Lipinski definition) is 6. The molecule has 0 aliphatic carbocycles. The molecule has 0 amide bonds. The van der Waals surface area contributed by atoms with Crippen LogP contribution in [0.15, 0.2) is 83.7 Å². The molecule has 1 aliphatic rings. The summed E-state index contributed by atoms with van der Waals surface area (Å²) in [4.78, 5) is 6.58. The van der Waals surface area contributed by atoms with Crippen LogP contribution < -0.4 is 19.7 Å². The average Bonchev–Trinajstić information content (AvgIpc) is 3.59. The van der Waals surface area contributed by atoms with E-state index in [9.17, 15) is 8.42 Å². The van der Waals surface area contributed by atoms with Crippen LogP contribution in [0.5, 0.6) is 5.75 Å². The number of hydrogen-bond donors (Lipinski definition) is 2. The topological polar surface area (TPSA) is 102 Å². The summed E-state index contributed by atoms with van der Waals surface area (Å²) in [5, 5.41) is 3.92. The van der Waals surface area contributed by atoms with E-state index in [4.69, 9.17) is 21.4 Å². The van der Waals surface area contributed by atoms with Crippen LogP contribution in [0, 0.1) is 0 Å². The van der Waals surface area contributed by atoms with Crippen molar-refractivity contribution >= 4 is 38.7 Å². The predicted molar refractivity (Wildman–Crippen MR) is 142 cm³/mol. The molecule has 1 fully saturated rings. The van der Waals surface area contributed by atoms with E-state index >= 15 is 0 Å². The Bertz CT molecular complexity index is 1470. The number of sulfonamides is 1. The third kappa shape index (κ3) is 4.79. The summed E-state index contributed by atoms with van der Waals surface area (Å²) in [6.45, 7) is 0.546. The third-order valence-electron chi connectivity index (χ3n) is 5.93. The minimum Gasteiger partial charge on any atom is -0.495 e. The molecule has 4 heterocycles. The van der Waals surface area contributed by atoms with Gasteiger partial charge >= 0.3 is 0 Å². The van der Waals surface area contributed by atoms with Gasteiger partial charge in [-0.1, -0.05) is 6.07 Å². The normalized spacial score (nSPS) is 17.7. The molecular weight excluding hydrogens is 498 g/mol. The van der Waals surface area contributed by atoms with Crippen molar-refractivity contribution in [3.8, 4) is 5.75 Å². The Balaban J connectivity index is 1.62. The summed E-state index contributed by atoms with van der Waals surface area (Å²) >= 11 is 5.81. The lowest BCUT2D eigenvalue weighted by molar-refractivity contribution is 0.417. The van der Waals surface area contributed by atoms with E-state index < -0.39 is 10.0 Å². The lowest BCUT2D eigenvalue weighted by Crippen LogP contribution is -2.30. The highest BCUT2D eigenvalue weighted by Gasteiger charge is 2.42. The maximum absolute atomic E-state index is 12.0. The van der Waals surface area contributed by atoms with E-state index in [-0.39, 0.29) is 12.1 Å². The van der Waals surface area contributed by atoms with E-state index in [0.717, 1.165) is 23.4 Å². The van der Waals surface area contributed by atoms with E-state index in [1.165, 1.54) is 7.11 Å². The molecule has 1 saturated heterocycles. The van der Waals surface area contributed by atoms with Crippen molar-refractivity contribution in [2.45, 2.75) is 18.6 Å². The molecule has 186 valence electrons. The summed E-state index contributed by atoms with van der Waals surface area (Å²) in [7, 11) is -2.04. The number of thiocarbonyl (C=S) groups is 1. The average molecular weight is 524 g/mol. The number of rotatable bonds is 8. The first-order valence-corrected chi connectivity index (χ1v) is 13.5. The molecule has 2 atom stereocenters. The monoisotopic (exact) mass is 523 g/mol. The number of aromatic nitrogens is 2. The molecule has 0 unspecified atom stereocenters. The summed E-state index contributed by atoms with van der Waals surface area (Å²) in [6, 6.07) is 18.4. The largest absolute Gasteiger partial charge is 0.495 e. The van der Waals surface area contributed by atoms with Crippen LogP contribution in [0.25, 0.3) is 0 Å². The van der Waals surface area contributed by atoms with Gasteiger partial charge in [0.2, 0.25) is 10.0 Å². The molecule has 5 rings (SSSR count). The Morgan fingerprint density at radius 2 is 2.03 bits per heavy atom. The second kappa shape index (κ2) is 9.67. The zero-order valence-corrected chi connectivity index (χ0v) is 21.3. The Labute approximate surface area is 214 Å². The van der Waals surface area contributed by atoms with E-state index in [1.54, 1.807) is 24.6 Å². The minimum absolute atomic E-state index is 0.252. The number of furan rings is 1. The quantitative estimate of drug-likeness (QED) is 0.333. The summed E-state index contributed by atoms with van der Waals surface area (Å²) in [6.07, 6.45) is 6.50. The van der Waals surface area contributed by atoms with Crippen molar-refractivity contribution in [3.63, 3.8) is 0 Å². The van der Waals surface area contributed by atoms with Crippen LogP contribution in [0.3, 0.4) is 0 Å². The highest BCUT2D eigenvalue weighted by molar-refractivity contribution is 7.92. The lowest BCUT2D eigenvalue weighted by Gasteiger charge is -2.29. The molecule has 2 N–H and O–H groups in total. The van der Waals surface area contributed by atoms with Gasteiger partial charge in [0.25, 0.3) is 0 Å². The number of benzene rings is 1. The standard InChI is InChI=1S/C25H25N5O4S2/c1-33-22-11-10-17(15-20(22)28-36(2,31)32)30-24(23(27-25(30)35)19-8-3-4-12-26-19)21-9-5-13-29(21)16-18-7-6-14-34-18/h3-15,23-24,28H,16H2,1-2H3,(H,27,35)/t23-,24+/m1/s1. The number of nitrogens with one attached hydrogen (secondary N) is 2. The fraction of sp³-hybridized carbons (Fsp3) is 0.200. The van der Waals surface area contributed by atoms with Gasteiger partial charge in [-0.2, -0.15) is 0 Å². The summed E-state index contributed by atoms with van der Waals surface area (Å²) in [5.74, 6) is 1.23. The fourth-order valence-electron chi connectivity index (χ4n) is 4.47. The molecule has 11 heteroatoms. The zero-order chi connectivity index (χ0) is 25.3. The Kier molecular flexibility index (Phi) is 6.42. The van der Waals surface area contributed by atoms with Crippen molar-refractivity contribution in [3.05, 3.63) is 96.5 Å². The maximum Gasteiger partial charge on any atom is 0.229 e. The Hall–Kier alpha value is -3.83. The fourth-order valence-corrected chi connectivity index (χ4v) is 5.37. The second-order valence-corrected chi connectivity index (χ2v) is 10.5. The molecule has 0 spiro atoms. The van der Waals surface area contributed by atoms with Crippen molar-refractivity contribution in [2.75, 3.05) is 23.0 Å². The van der Waals surface area contributed by atoms with Gasteiger partial charge in [0.15, 0.2) is 5.11 Å². The maximum atomic E-state index is 12.0. The number of pyridine rings is 1. The van der Waals surface area contributed by atoms with Crippen molar-refractivity contribution in [1.29, 1.82) is 0 Å². The van der Waals surface area contributed by atoms with Crippen molar-refractivity contribution in [1.82, 2.24) is 14.9 Å². The molecule has 1 aliphatic heterocycles. The smallest absolute Gasteiger partial charge is 0.229 e. The van der Waals surface area contributed by atoms with E-state index in [1.807, 2.05) is 59.6 Å². The van der Waals surface area contributed by atoms with Crippen molar-refractivity contribution in [2.24, 2.45) is 0 Å². The first-order chi connectivity index (χ1) is 17.3. The van der Waals surface area contributed by atoms with E-state index in [0.29, 0.717) is 28.8 Å². The number of ether oxygens (including phenoxy) is 1. The molecule has 36 heavy (non-hydrogen) atoms. The lowest BCUT2D eigenvalue weighted by atomic mass is 10.0. The molecule has 4 aromatic rings. The van der Waals surface area contributed by atoms with Gasteiger partial charge in [0.05, 0.1) is 43.6 Å². The Morgan fingerprint density at radius 3 is 2.72 bits per heavy atom. The van der Waals surface area contributed by atoms with Gasteiger partial charge in [-0.05, 0) is 66.8 Å². The molecule has 0 radical (unpaired) electrons. The van der Waals surface area contributed by atoms with Crippen molar-refractivity contribution < 1.29 is 17.6 Å². The van der Waals surface area contributed by atoms with E-state index in [2.05, 4.69) is 19.6 Å². The van der Waals surface area contributed by atoms with Gasteiger partial charge in [0.1, 0.15) is 17.6 Å². The van der Waals surface area contributed by atoms with Gasteiger partial charge in [0, 0.05) is 23.8 Å². The van der Waals surface area contributed by atoms with Crippen LogP contribution in [0.1, 0.15) is 29.2 Å². The van der Waals surface area contributed by atoms with Gasteiger partial charge in [-0.15, -0.1) is 0 Å². The first kappa shape index (κ1) is 23.9. The SMILES string of the molecule is COc1ccc(N2C(=S)N[C@H](c3ccccn3)[C@@H]2c2cccn2Cc2ccco2)cc1NS(C)(=O)=O. The second-order valence-electron chi connectivity index (χ2n) is 8.40.